The van der Waals surface area contributed by atoms with Crippen LogP contribution in [0.15, 0.2) is 48.7 Å². The maximum atomic E-state index is 4.62. The van der Waals surface area contributed by atoms with Crippen LogP contribution < -0.4 is 5.32 Å². The molecule has 3 rings (SSSR count). The molecular weight excluding hydrogens is 236 g/mol. The molecule has 0 spiro atoms. The largest absolute Gasteiger partial charge is 0.305 e. The summed E-state index contributed by atoms with van der Waals surface area (Å²) in [5, 5.41) is 8.86. The van der Waals surface area contributed by atoms with Crippen molar-refractivity contribution in [1.82, 2.24) is 20.1 Å². The number of hydrogen-bond donors (Lipinski definition) is 1. The van der Waals surface area contributed by atoms with Gasteiger partial charge < -0.3 is 5.32 Å². The highest BCUT2D eigenvalue weighted by Gasteiger charge is 1.99. The number of rotatable bonds is 4. The summed E-state index contributed by atoms with van der Waals surface area (Å²) < 4.78 is 1.81. The molecule has 2 aromatic heterocycles. The highest BCUT2D eigenvalue weighted by molar-refractivity contribution is 5.78. The molecule has 4 nitrogen and oxygen atoms in total. The van der Waals surface area contributed by atoms with Crippen LogP contribution in [0.3, 0.4) is 0 Å². The lowest BCUT2D eigenvalue weighted by atomic mass is 10.2. The number of fused-ring (bicyclic) bond motifs is 1. The van der Waals surface area contributed by atoms with Crippen molar-refractivity contribution in [3.63, 3.8) is 0 Å². The van der Waals surface area contributed by atoms with Crippen molar-refractivity contribution in [1.29, 1.82) is 0 Å². The van der Waals surface area contributed by atoms with Crippen molar-refractivity contribution in [2.75, 3.05) is 0 Å². The van der Waals surface area contributed by atoms with Gasteiger partial charge in [0.1, 0.15) is 0 Å². The molecule has 96 valence electrons. The fourth-order valence-electron chi connectivity index (χ4n) is 2.08. The molecule has 0 saturated carbocycles. The summed E-state index contributed by atoms with van der Waals surface area (Å²) in [7, 11) is 1.92. The first-order valence-electron chi connectivity index (χ1n) is 6.35. The Labute approximate surface area is 112 Å². The smallest absolute Gasteiger partial charge is 0.0762 e. The van der Waals surface area contributed by atoms with E-state index in [4.69, 9.17) is 0 Å². The van der Waals surface area contributed by atoms with Crippen LogP contribution >= 0.6 is 0 Å². The van der Waals surface area contributed by atoms with Crippen LogP contribution in [0, 0.1) is 0 Å². The Hall–Kier alpha value is -2.20. The van der Waals surface area contributed by atoms with Gasteiger partial charge in [-0.25, -0.2) is 0 Å². The quantitative estimate of drug-likeness (QED) is 0.774. The van der Waals surface area contributed by atoms with Gasteiger partial charge in [-0.05, 0) is 18.2 Å². The first-order chi connectivity index (χ1) is 9.31. The van der Waals surface area contributed by atoms with Crippen LogP contribution in [-0.2, 0) is 20.1 Å². The number of nitrogens with one attached hydrogen (secondary N) is 1. The standard InChI is InChI=1S/C15H16N4/c1-19-9-8-14(18-19)11-16-10-13-7-6-12-4-2-3-5-15(12)17-13/h2-9,16H,10-11H2,1H3. The average Bonchev–Trinajstić information content (AvgIpc) is 2.84. The number of nitrogens with zero attached hydrogens (tertiary/aromatic N) is 3. The molecule has 2 heterocycles. The number of para-hydroxylation sites is 1. The monoisotopic (exact) mass is 252 g/mol. The van der Waals surface area contributed by atoms with Gasteiger partial charge in [0.25, 0.3) is 0 Å². The van der Waals surface area contributed by atoms with E-state index >= 15 is 0 Å². The molecule has 0 unspecified atom stereocenters. The van der Waals surface area contributed by atoms with Gasteiger partial charge in [0.2, 0.25) is 0 Å². The van der Waals surface area contributed by atoms with Crippen LogP contribution in [0.4, 0.5) is 0 Å². The van der Waals surface area contributed by atoms with Crippen LogP contribution in [0.25, 0.3) is 10.9 Å². The van der Waals surface area contributed by atoms with Crippen molar-refractivity contribution in [2.24, 2.45) is 7.05 Å². The predicted octanol–water partition coefficient (Wildman–Crippen LogP) is 2.26. The molecule has 3 aromatic rings. The second-order valence-electron chi connectivity index (χ2n) is 4.58. The minimum atomic E-state index is 0.751. The van der Waals surface area contributed by atoms with Crippen molar-refractivity contribution in [3.8, 4) is 0 Å². The zero-order valence-corrected chi connectivity index (χ0v) is 10.9. The first-order valence-corrected chi connectivity index (χ1v) is 6.35. The lowest BCUT2D eigenvalue weighted by Crippen LogP contribution is -2.14. The molecule has 0 fully saturated rings. The minimum Gasteiger partial charge on any atom is -0.305 e. The average molecular weight is 252 g/mol. The highest BCUT2D eigenvalue weighted by Crippen LogP contribution is 2.11. The van der Waals surface area contributed by atoms with E-state index in [0.29, 0.717) is 0 Å². The molecule has 0 amide bonds. The van der Waals surface area contributed by atoms with Crippen molar-refractivity contribution in [3.05, 3.63) is 60.0 Å². The molecule has 0 radical (unpaired) electrons. The number of hydrogen-bond acceptors (Lipinski definition) is 3. The summed E-state index contributed by atoms with van der Waals surface area (Å²) in [5.41, 5.74) is 3.14. The molecule has 1 aromatic carbocycles. The lowest BCUT2D eigenvalue weighted by molar-refractivity contribution is 0.649. The van der Waals surface area contributed by atoms with Gasteiger partial charge in [0.05, 0.1) is 16.9 Å². The second kappa shape index (κ2) is 5.20. The van der Waals surface area contributed by atoms with E-state index < -0.39 is 0 Å². The molecule has 0 aliphatic heterocycles. The molecule has 19 heavy (non-hydrogen) atoms. The van der Waals surface area contributed by atoms with E-state index in [1.54, 1.807) is 0 Å². The molecule has 0 aliphatic rings. The van der Waals surface area contributed by atoms with Crippen molar-refractivity contribution in [2.45, 2.75) is 13.1 Å². The van der Waals surface area contributed by atoms with E-state index in [0.717, 1.165) is 30.0 Å². The Balaban J connectivity index is 1.65. The summed E-state index contributed by atoms with van der Waals surface area (Å²) in [5.74, 6) is 0. The Bertz CT molecular complexity index is 687. The molecule has 0 atom stereocenters. The minimum absolute atomic E-state index is 0.751. The van der Waals surface area contributed by atoms with E-state index in [2.05, 4.69) is 33.6 Å². The Morgan fingerprint density at radius 3 is 2.68 bits per heavy atom. The number of aromatic nitrogens is 3. The van der Waals surface area contributed by atoms with Crippen LogP contribution in [0.1, 0.15) is 11.4 Å². The van der Waals surface area contributed by atoms with E-state index in [9.17, 15) is 0 Å². The zero-order valence-electron chi connectivity index (χ0n) is 10.9. The van der Waals surface area contributed by atoms with Crippen molar-refractivity contribution >= 4 is 10.9 Å². The zero-order chi connectivity index (χ0) is 13.1. The fourth-order valence-corrected chi connectivity index (χ4v) is 2.08. The van der Waals surface area contributed by atoms with Crippen LogP contribution in [0.5, 0.6) is 0 Å². The topological polar surface area (TPSA) is 42.7 Å². The van der Waals surface area contributed by atoms with Gasteiger partial charge in [-0.3, -0.25) is 9.67 Å². The molecule has 4 heteroatoms. The number of aryl methyl sites for hydroxylation is 1. The van der Waals surface area contributed by atoms with E-state index in [-0.39, 0.29) is 0 Å². The van der Waals surface area contributed by atoms with Crippen molar-refractivity contribution < 1.29 is 0 Å². The molecule has 0 aliphatic carbocycles. The third-order valence-electron chi connectivity index (χ3n) is 3.04. The molecule has 0 bridgehead atoms. The summed E-state index contributed by atoms with van der Waals surface area (Å²) in [6.45, 7) is 1.51. The highest BCUT2D eigenvalue weighted by atomic mass is 15.3. The SMILES string of the molecule is Cn1ccc(CNCc2ccc3ccccc3n2)n1. The second-order valence-corrected chi connectivity index (χ2v) is 4.58. The van der Waals surface area contributed by atoms with Gasteiger partial charge in [0.15, 0.2) is 0 Å². The molecular formula is C15H16N4. The van der Waals surface area contributed by atoms with Gasteiger partial charge in [-0.15, -0.1) is 0 Å². The normalized spacial score (nSPS) is 11.0. The van der Waals surface area contributed by atoms with E-state index in [1.807, 2.05) is 42.2 Å². The Morgan fingerprint density at radius 2 is 1.84 bits per heavy atom. The molecule has 1 N–H and O–H groups in total. The summed E-state index contributed by atoms with van der Waals surface area (Å²) in [6.07, 6.45) is 1.95. The summed E-state index contributed by atoms with van der Waals surface area (Å²) in [6, 6.07) is 14.4. The number of pyridine rings is 1. The fraction of sp³-hybridized carbons (Fsp3) is 0.200. The van der Waals surface area contributed by atoms with E-state index in [1.165, 1.54) is 5.39 Å². The lowest BCUT2D eigenvalue weighted by Gasteiger charge is -2.04. The molecule has 0 saturated heterocycles. The maximum Gasteiger partial charge on any atom is 0.0762 e. The predicted molar refractivity (Wildman–Crippen MR) is 75.5 cm³/mol. The third-order valence-corrected chi connectivity index (χ3v) is 3.04. The van der Waals surface area contributed by atoms with Crippen LogP contribution in [0.2, 0.25) is 0 Å². The summed E-state index contributed by atoms with van der Waals surface area (Å²) in [4.78, 5) is 4.62. The Morgan fingerprint density at radius 1 is 1.00 bits per heavy atom. The van der Waals surface area contributed by atoms with Gasteiger partial charge in [-0.2, -0.15) is 5.10 Å². The Kier molecular flexibility index (Phi) is 3.25. The van der Waals surface area contributed by atoms with Gasteiger partial charge in [0, 0.05) is 31.7 Å². The maximum absolute atomic E-state index is 4.62. The van der Waals surface area contributed by atoms with Gasteiger partial charge >= 0.3 is 0 Å². The van der Waals surface area contributed by atoms with Gasteiger partial charge in [-0.1, -0.05) is 24.3 Å². The third kappa shape index (κ3) is 2.80. The number of benzene rings is 1. The first kappa shape index (κ1) is 11.9. The van der Waals surface area contributed by atoms with Crippen LogP contribution in [-0.4, -0.2) is 14.8 Å². The summed E-state index contributed by atoms with van der Waals surface area (Å²) >= 11 is 0.